The van der Waals surface area contributed by atoms with Gasteiger partial charge in [0.05, 0.1) is 11.8 Å². The van der Waals surface area contributed by atoms with Crippen molar-refractivity contribution in [3.05, 3.63) is 22.7 Å². The van der Waals surface area contributed by atoms with Crippen LogP contribution in [0.5, 0.6) is 0 Å². The van der Waals surface area contributed by atoms with Crippen molar-refractivity contribution in [2.24, 2.45) is 0 Å². The minimum atomic E-state index is -0.192. The molecule has 5 nitrogen and oxygen atoms in total. The molecule has 0 saturated heterocycles. The summed E-state index contributed by atoms with van der Waals surface area (Å²) in [4.78, 5) is 10.9. The lowest BCUT2D eigenvalue weighted by Crippen LogP contribution is -2.09. The predicted molar refractivity (Wildman–Crippen MR) is 33.6 cm³/mol. The number of hydrogen-bond donors (Lipinski definition) is 2. The van der Waals surface area contributed by atoms with Gasteiger partial charge in [-0.15, -0.1) is 5.10 Å². The number of fused-ring (bicyclic) bond motifs is 1. The lowest BCUT2D eigenvalue weighted by atomic mass is 10.3. The Morgan fingerprint density at radius 3 is 3.20 bits per heavy atom. The van der Waals surface area contributed by atoms with E-state index in [0.717, 1.165) is 0 Å². The molecular formula is C5H4N4O. The second-order valence-corrected chi connectivity index (χ2v) is 1.89. The molecule has 0 aromatic rings. The van der Waals surface area contributed by atoms with Gasteiger partial charge in [-0.05, 0) is 0 Å². The highest BCUT2D eigenvalue weighted by atomic mass is 16.1. The number of nitrogens with zero attached hydrogens (tertiary/aromatic N) is 2. The summed E-state index contributed by atoms with van der Waals surface area (Å²) in [6, 6.07) is 0. The average Bonchev–Trinajstić information content (AvgIpc) is 2.36. The Kier molecular flexibility index (Phi) is 0.858. The van der Waals surface area contributed by atoms with Crippen LogP contribution in [0, 0.1) is 0 Å². The van der Waals surface area contributed by atoms with Crippen molar-refractivity contribution in [1.82, 2.24) is 20.4 Å². The van der Waals surface area contributed by atoms with Crippen molar-refractivity contribution in [3.8, 4) is 11.3 Å². The molecule has 0 unspecified atom stereocenters. The normalized spacial score (nSPS) is 10.4. The molecule has 0 spiro atoms. The molecule has 0 atom stereocenters. The monoisotopic (exact) mass is 136 g/mol. The van der Waals surface area contributed by atoms with E-state index in [1.807, 2.05) is 0 Å². The van der Waals surface area contributed by atoms with Crippen LogP contribution in [0.3, 0.4) is 0 Å². The van der Waals surface area contributed by atoms with Gasteiger partial charge in [0.15, 0.2) is 0 Å². The van der Waals surface area contributed by atoms with Gasteiger partial charge in [-0.2, -0.15) is 5.10 Å². The zero-order valence-electron chi connectivity index (χ0n) is 4.96. The van der Waals surface area contributed by atoms with E-state index >= 15 is 0 Å². The van der Waals surface area contributed by atoms with Gasteiger partial charge >= 0.3 is 0 Å². The van der Waals surface area contributed by atoms with Gasteiger partial charge < -0.3 is 5.10 Å². The minimum Gasteiger partial charge on any atom is -0.303 e. The molecule has 5 heteroatoms. The largest absolute Gasteiger partial charge is 0.303 e. The first-order valence-corrected chi connectivity index (χ1v) is 2.75. The maximum Gasteiger partial charge on any atom is 0.273 e. The third kappa shape index (κ3) is 0.540. The molecular weight excluding hydrogens is 132 g/mol. The van der Waals surface area contributed by atoms with E-state index in [4.69, 9.17) is 0 Å². The Morgan fingerprint density at radius 2 is 2.40 bits per heavy atom. The molecule has 0 aromatic heterocycles. The molecule has 2 N–H and O–H groups in total. The lowest BCUT2D eigenvalue weighted by molar-refractivity contribution is 0.980. The molecule has 0 fully saturated rings. The first-order valence-electron chi connectivity index (χ1n) is 2.75. The van der Waals surface area contributed by atoms with Crippen molar-refractivity contribution in [2.45, 2.75) is 0 Å². The van der Waals surface area contributed by atoms with Crippen LogP contribution in [0.1, 0.15) is 0 Å². The fourth-order valence-corrected chi connectivity index (χ4v) is 0.788. The molecule has 0 aliphatic carbocycles. The summed E-state index contributed by atoms with van der Waals surface area (Å²) < 4.78 is 0. The number of aromatic nitrogens is 4. The first kappa shape index (κ1) is 5.16. The van der Waals surface area contributed by atoms with Crippen molar-refractivity contribution in [1.29, 1.82) is 0 Å². The van der Waals surface area contributed by atoms with Gasteiger partial charge in [-0.1, -0.05) is 0 Å². The molecule has 0 bridgehead atoms. The second-order valence-electron chi connectivity index (χ2n) is 1.89. The second kappa shape index (κ2) is 1.66. The highest BCUT2D eigenvalue weighted by molar-refractivity contribution is 5.55. The van der Waals surface area contributed by atoms with Crippen LogP contribution in [0.15, 0.2) is 17.2 Å². The van der Waals surface area contributed by atoms with E-state index in [9.17, 15) is 4.79 Å². The van der Waals surface area contributed by atoms with Crippen LogP contribution >= 0.6 is 0 Å². The Bertz CT molecular complexity index is 362. The van der Waals surface area contributed by atoms with Crippen molar-refractivity contribution in [3.63, 3.8) is 0 Å². The van der Waals surface area contributed by atoms with Gasteiger partial charge in [0.1, 0.15) is 5.69 Å². The zero-order valence-corrected chi connectivity index (χ0v) is 4.96. The van der Waals surface area contributed by atoms with Crippen LogP contribution in [-0.2, 0) is 0 Å². The van der Waals surface area contributed by atoms with Crippen molar-refractivity contribution >= 4 is 0 Å². The minimum absolute atomic E-state index is 0.192. The molecule has 2 aliphatic heterocycles. The van der Waals surface area contributed by atoms with Crippen LogP contribution in [0.2, 0.25) is 0 Å². The SMILES string of the molecule is O=c1[nH][nH]cc2nncc1-2. The standard InChI is InChI=1S/C5H4N4O/c10-5-3-1-6-8-4(3)2-7-9-5/h1-2,7H,(H,9,10). The maximum atomic E-state index is 10.9. The van der Waals surface area contributed by atoms with E-state index in [-0.39, 0.29) is 5.56 Å². The predicted octanol–water partition coefficient (Wildman–Crippen LogP) is -0.402. The fraction of sp³-hybridized carbons (Fsp3) is 0. The Morgan fingerprint density at radius 1 is 1.50 bits per heavy atom. The lowest BCUT2D eigenvalue weighted by Gasteiger charge is -1.89. The molecule has 2 rings (SSSR count). The van der Waals surface area contributed by atoms with Crippen molar-refractivity contribution < 1.29 is 0 Å². The maximum absolute atomic E-state index is 10.9. The molecule has 0 radical (unpaired) electrons. The number of H-pyrrole nitrogens is 2. The fourth-order valence-electron chi connectivity index (χ4n) is 0.788. The van der Waals surface area contributed by atoms with E-state index in [1.165, 1.54) is 6.20 Å². The number of nitrogens with one attached hydrogen (secondary N) is 2. The summed E-state index contributed by atoms with van der Waals surface area (Å²) in [5.41, 5.74) is 0.907. The molecule has 0 aromatic carbocycles. The summed E-state index contributed by atoms with van der Waals surface area (Å²) in [7, 11) is 0. The molecule has 0 saturated carbocycles. The van der Waals surface area contributed by atoms with Crippen LogP contribution < -0.4 is 5.56 Å². The number of hydrogen-bond acceptors (Lipinski definition) is 3. The van der Waals surface area contributed by atoms with Gasteiger partial charge in [-0.3, -0.25) is 9.89 Å². The highest BCUT2D eigenvalue weighted by Gasteiger charge is 2.06. The molecule has 10 heavy (non-hydrogen) atoms. The third-order valence-electron chi connectivity index (χ3n) is 1.27. The molecule has 2 heterocycles. The van der Waals surface area contributed by atoms with Gasteiger partial charge in [-0.25, -0.2) is 0 Å². The molecule has 50 valence electrons. The van der Waals surface area contributed by atoms with Crippen molar-refractivity contribution in [2.75, 3.05) is 0 Å². The van der Waals surface area contributed by atoms with Crippen LogP contribution in [0.4, 0.5) is 0 Å². The van der Waals surface area contributed by atoms with E-state index in [0.29, 0.717) is 11.3 Å². The zero-order chi connectivity index (χ0) is 6.97. The summed E-state index contributed by atoms with van der Waals surface area (Å²) in [6.45, 7) is 0. The molecule has 2 aliphatic rings. The third-order valence-corrected chi connectivity index (χ3v) is 1.27. The summed E-state index contributed by atoms with van der Waals surface area (Å²) >= 11 is 0. The first-order chi connectivity index (χ1) is 4.88. The smallest absolute Gasteiger partial charge is 0.273 e. The summed E-state index contributed by atoms with van der Waals surface area (Å²) in [6.07, 6.45) is 3.02. The quantitative estimate of drug-likeness (QED) is 0.517. The van der Waals surface area contributed by atoms with E-state index < -0.39 is 0 Å². The van der Waals surface area contributed by atoms with Gasteiger partial charge in [0, 0.05) is 6.20 Å². The highest BCUT2D eigenvalue weighted by Crippen LogP contribution is 2.07. The van der Waals surface area contributed by atoms with Gasteiger partial charge in [0.25, 0.3) is 5.56 Å². The average molecular weight is 136 g/mol. The molecule has 0 amide bonds. The number of rotatable bonds is 0. The Labute approximate surface area is 55.4 Å². The van der Waals surface area contributed by atoms with E-state index in [1.54, 1.807) is 6.20 Å². The van der Waals surface area contributed by atoms with Gasteiger partial charge in [0.2, 0.25) is 0 Å². The number of aromatic amines is 2. The van der Waals surface area contributed by atoms with Crippen LogP contribution in [0.25, 0.3) is 11.3 Å². The van der Waals surface area contributed by atoms with Crippen LogP contribution in [-0.4, -0.2) is 20.4 Å². The topological polar surface area (TPSA) is 74.4 Å². The Balaban J connectivity index is 2.93. The summed E-state index contributed by atoms with van der Waals surface area (Å²) in [5, 5.41) is 12.2. The van der Waals surface area contributed by atoms with E-state index in [2.05, 4.69) is 20.4 Å². The summed E-state index contributed by atoms with van der Waals surface area (Å²) in [5.74, 6) is 0. The Hall–Kier alpha value is -1.65.